The highest BCUT2D eigenvalue weighted by atomic mass is 32.2. The van der Waals surface area contributed by atoms with Gasteiger partial charge in [0.1, 0.15) is 22.1 Å². The third-order valence-corrected chi connectivity index (χ3v) is 4.91. The van der Waals surface area contributed by atoms with Crippen LogP contribution in [-0.2, 0) is 9.84 Å². The van der Waals surface area contributed by atoms with Crippen LogP contribution in [0.5, 0.6) is 0 Å². The van der Waals surface area contributed by atoms with Crippen LogP contribution in [0.3, 0.4) is 0 Å². The third-order valence-electron chi connectivity index (χ3n) is 3.20. The van der Waals surface area contributed by atoms with E-state index in [1.807, 2.05) is 0 Å². The minimum absolute atomic E-state index is 0.112. The van der Waals surface area contributed by atoms with Crippen molar-refractivity contribution < 1.29 is 18.3 Å². The molecule has 1 aromatic rings. The molecule has 6 nitrogen and oxygen atoms in total. The first-order valence-corrected chi connectivity index (χ1v) is 8.39. The second kappa shape index (κ2) is 6.70. The molecule has 1 aliphatic heterocycles. The molecule has 0 unspecified atom stereocenters. The van der Waals surface area contributed by atoms with E-state index in [9.17, 15) is 13.2 Å². The zero-order chi connectivity index (χ0) is 15.3. The smallest absolute Gasteiger partial charge is 0.270 e. The van der Waals surface area contributed by atoms with Crippen molar-refractivity contribution in [3.8, 4) is 11.8 Å². The van der Waals surface area contributed by atoms with Gasteiger partial charge in [-0.2, -0.15) is 0 Å². The van der Waals surface area contributed by atoms with Crippen molar-refractivity contribution in [2.24, 2.45) is 0 Å². The SMILES string of the molecule is O=C(NC1CCS(=O)(=O)CC1)c1ccc(C#CCO)cn1. The van der Waals surface area contributed by atoms with E-state index < -0.39 is 9.84 Å². The van der Waals surface area contributed by atoms with Gasteiger partial charge < -0.3 is 10.4 Å². The van der Waals surface area contributed by atoms with Crippen LogP contribution >= 0.6 is 0 Å². The molecule has 0 radical (unpaired) electrons. The van der Waals surface area contributed by atoms with Gasteiger partial charge in [0.15, 0.2) is 0 Å². The first-order chi connectivity index (χ1) is 10.00. The summed E-state index contributed by atoms with van der Waals surface area (Å²) < 4.78 is 22.6. The van der Waals surface area contributed by atoms with Crippen molar-refractivity contribution in [2.45, 2.75) is 18.9 Å². The van der Waals surface area contributed by atoms with E-state index in [0.29, 0.717) is 18.4 Å². The Kier molecular flexibility index (Phi) is 4.94. The topological polar surface area (TPSA) is 96.4 Å². The van der Waals surface area contributed by atoms with Gasteiger partial charge in [-0.05, 0) is 25.0 Å². The second-order valence-electron chi connectivity index (χ2n) is 4.79. The van der Waals surface area contributed by atoms with E-state index in [0.717, 1.165) is 0 Å². The van der Waals surface area contributed by atoms with Crippen molar-refractivity contribution in [1.82, 2.24) is 10.3 Å². The number of aromatic nitrogens is 1. The lowest BCUT2D eigenvalue weighted by Gasteiger charge is -2.22. The molecule has 0 spiro atoms. The molecule has 2 heterocycles. The van der Waals surface area contributed by atoms with Crippen LogP contribution in [-0.4, -0.2) is 48.6 Å². The molecule has 1 saturated heterocycles. The summed E-state index contributed by atoms with van der Waals surface area (Å²) in [6, 6.07) is 3.07. The van der Waals surface area contributed by atoms with E-state index >= 15 is 0 Å². The summed E-state index contributed by atoms with van der Waals surface area (Å²) in [5, 5.41) is 11.4. The number of carbonyl (C=O) groups is 1. The number of amides is 1. The van der Waals surface area contributed by atoms with Crippen molar-refractivity contribution in [2.75, 3.05) is 18.1 Å². The number of rotatable bonds is 2. The molecule has 1 fully saturated rings. The summed E-state index contributed by atoms with van der Waals surface area (Å²) in [5.41, 5.74) is 0.877. The molecule has 1 amide bonds. The molecule has 21 heavy (non-hydrogen) atoms. The average molecular weight is 308 g/mol. The number of nitrogens with one attached hydrogen (secondary N) is 1. The van der Waals surface area contributed by atoms with Gasteiger partial charge in [0.25, 0.3) is 5.91 Å². The fraction of sp³-hybridized carbons (Fsp3) is 0.429. The monoisotopic (exact) mass is 308 g/mol. The van der Waals surface area contributed by atoms with Crippen LogP contribution < -0.4 is 5.32 Å². The van der Waals surface area contributed by atoms with Gasteiger partial charge in [0.05, 0.1) is 11.5 Å². The first-order valence-electron chi connectivity index (χ1n) is 6.57. The number of hydrogen-bond donors (Lipinski definition) is 2. The standard InChI is InChI=1S/C14H16N2O4S/c17-7-1-2-11-3-4-13(15-10-11)14(18)16-12-5-8-21(19,20)9-6-12/h3-4,10,12,17H,5-9H2,(H,16,18). The number of pyridine rings is 1. The number of aliphatic hydroxyl groups excluding tert-OH is 1. The lowest BCUT2D eigenvalue weighted by atomic mass is 10.1. The Labute approximate surface area is 123 Å². The highest BCUT2D eigenvalue weighted by Gasteiger charge is 2.25. The molecule has 0 bridgehead atoms. The Balaban J connectivity index is 1.94. The summed E-state index contributed by atoms with van der Waals surface area (Å²) in [5.74, 6) is 5.09. The molecule has 0 aliphatic carbocycles. The van der Waals surface area contributed by atoms with E-state index in [1.54, 1.807) is 12.1 Å². The van der Waals surface area contributed by atoms with Gasteiger partial charge in [-0.1, -0.05) is 11.8 Å². The molecule has 112 valence electrons. The highest BCUT2D eigenvalue weighted by Crippen LogP contribution is 2.12. The molecular weight excluding hydrogens is 292 g/mol. The summed E-state index contributed by atoms with van der Waals surface area (Å²) in [7, 11) is -2.93. The fourth-order valence-corrected chi connectivity index (χ4v) is 3.53. The molecule has 0 aromatic carbocycles. The summed E-state index contributed by atoms with van der Waals surface area (Å²) in [6.07, 6.45) is 2.34. The second-order valence-corrected chi connectivity index (χ2v) is 7.10. The molecule has 1 aliphatic rings. The fourth-order valence-electron chi connectivity index (χ4n) is 2.04. The maximum atomic E-state index is 12.0. The van der Waals surface area contributed by atoms with E-state index in [2.05, 4.69) is 22.1 Å². The number of hydrogen-bond acceptors (Lipinski definition) is 5. The number of sulfone groups is 1. The summed E-state index contributed by atoms with van der Waals surface area (Å²) >= 11 is 0. The molecule has 7 heteroatoms. The van der Waals surface area contributed by atoms with E-state index in [-0.39, 0.29) is 35.8 Å². The van der Waals surface area contributed by atoms with Gasteiger partial charge >= 0.3 is 0 Å². The molecule has 2 N–H and O–H groups in total. The Morgan fingerprint density at radius 2 is 2.10 bits per heavy atom. The number of carbonyl (C=O) groups excluding carboxylic acids is 1. The lowest BCUT2D eigenvalue weighted by Crippen LogP contribution is -2.41. The molecule has 0 saturated carbocycles. The molecule has 1 aromatic heterocycles. The van der Waals surface area contributed by atoms with Crippen LogP contribution in [0.4, 0.5) is 0 Å². The Bertz CT molecular complexity index is 657. The van der Waals surface area contributed by atoms with E-state index in [1.165, 1.54) is 6.20 Å². The third kappa shape index (κ3) is 4.55. The van der Waals surface area contributed by atoms with Crippen LogP contribution in [0, 0.1) is 11.8 Å². The van der Waals surface area contributed by atoms with Gasteiger partial charge in [0.2, 0.25) is 0 Å². The highest BCUT2D eigenvalue weighted by molar-refractivity contribution is 7.91. The molecule has 0 atom stereocenters. The van der Waals surface area contributed by atoms with Crippen molar-refractivity contribution >= 4 is 15.7 Å². The van der Waals surface area contributed by atoms with Crippen LogP contribution in [0.1, 0.15) is 28.9 Å². The normalized spacial score (nSPS) is 17.6. The van der Waals surface area contributed by atoms with Gasteiger partial charge in [-0.25, -0.2) is 13.4 Å². The van der Waals surface area contributed by atoms with Crippen molar-refractivity contribution in [1.29, 1.82) is 0 Å². The zero-order valence-corrected chi connectivity index (χ0v) is 12.2. The predicted octanol–water partition coefficient (Wildman–Crippen LogP) is -0.268. The number of aliphatic hydroxyl groups is 1. The van der Waals surface area contributed by atoms with Gasteiger partial charge in [-0.3, -0.25) is 4.79 Å². The molecular formula is C14H16N2O4S. The summed E-state index contributed by atoms with van der Waals surface area (Å²) in [4.78, 5) is 16.0. The molecule has 2 rings (SSSR count). The quantitative estimate of drug-likeness (QED) is 0.733. The predicted molar refractivity (Wildman–Crippen MR) is 77.3 cm³/mol. The van der Waals surface area contributed by atoms with Crippen LogP contribution in [0.2, 0.25) is 0 Å². The van der Waals surface area contributed by atoms with Crippen molar-refractivity contribution in [3.05, 3.63) is 29.6 Å². The first kappa shape index (κ1) is 15.5. The average Bonchev–Trinajstić information content (AvgIpc) is 2.48. The van der Waals surface area contributed by atoms with Crippen molar-refractivity contribution in [3.63, 3.8) is 0 Å². The van der Waals surface area contributed by atoms with Gasteiger partial charge in [-0.15, -0.1) is 0 Å². The minimum atomic E-state index is -2.93. The summed E-state index contributed by atoms with van der Waals surface area (Å²) in [6.45, 7) is -0.229. The minimum Gasteiger partial charge on any atom is -0.384 e. The number of nitrogens with zero attached hydrogens (tertiary/aromatic N) is 1. The van der Waals surface area contributed by atoms with Crippen LogP contribution in [0.25, 0.3) is 0 Å². The van der Waals surface area contributed by atoms with E-state index in [4.69, 9.17) is 5.11 Å². The maximum Gasteiger partial charge on any atom is 0.270 e. The van der Waals surface area contributed by atoms with Crippen LogP contribution in [0.15, 0.2) is 18.3 Å². The van der Waals surface area contributed by atoms with Gasteiger partial charge in [0, 0.05) is 17.8 Å². The maximum absolute atomic E-state index is 12.0. The zero-order valence-electron chi connectivity index (χ0n) is 11.4. The Morgan fingerprint density at radius 1 is 1.38 bits per heavy atom. The Morgan fingerprint density at radius 3 is 2.67 bits per heavy atom. The lowest BCUT2D eigenvalue weighted by molar-refractivity contribution is 0.0929. The largest absolute Gasteiger partial charge is 0.384 e. The Hall–Kier alpha value is -1.91.